The summed E-state index contributed by atoms with van der Waals surface area (Å²) in [7, 11) is 2.99. The number of carbonyl (C=O) groups is 2. The van der Waals surface area contributed by atoms with Gasteiger partial charge in [-0.2, -0.15) is 0 Å². The summed E-state index contributed by atoms with van der Waals surface area (Å²) < 4.78 is 10.6. The molecule has 2 N–H and O–H groups in total. The minimum atomic E-state index is -0.354. The van der Waals surface area contributed by atoms with E-state index in [1.165, 1.54) is 26.0 Å². The summed E-state index contributed by atoms with van der Waals surface area (Å²) in [6, 6.07) is 19.4. The third-order valence-electron chi connectivity index (χ3n) is 4.26. The van der Waals surface area contributed by atoms with E-state index in [0.717, 1.165) is 4.90 Å². The molecule has 0 aliphatic heterocycles. The molecule has 0 saturated heterocycles. The van der Waals surface area contributed by atoms with Crippen molar-refractivity contribution in [3.05, 3.63) is 77.3 Å². The smallest absolute Gasteiger partial charge is 0.263 e. The zero-order chi connectivity index (χ0) is 22.2. The van der Waals surface area contributed by atoms with E-state index < -0.39 is 0 Å². The molecule has 3 rings (SSSR count). The molecule has 2 amide bonds. The van der Waals surface area contributed by atoms with Gasteiger partial charge in [-0.1, -0.05) is 35.9 Å². The number of benzene rings is 3. The van der Waals surface area contributed by atoms with Gasteiger partial charge in [-0.05, 0) is 42.5 Å². The number of hydrogen-bond acceptors (Lipinski definition) is 5. The third kappa shape index (κ3) is 5.93. The van der Waals surface area contributed by atoms with Crippen molar-refractivity contribution in [2.45, 2.75) is 4.90 Å². The summed E-state index contributed by atoms with van der Waals surface area (Å²) in [4.78, 5) is 25.9. The number of rotatable bonds is 8. The molecule has 6 nitrogen and oxygen atoms in total. The molecule has 0 aromatic heterocycles. The highest BCUT2D eigenvalue weighted by atomic mass is 35.5. The van der Waals surface area contributed by atoms with E-state index in [1.54, 1.807) is 54.6 Å². The second-order valence-corrected chi connectivity index (χ2v) is 7.79. The molecule has 0 aliphatic carbocycles. The molecule has 0 bridgehead atoms. The van der Waals surface area contributed by atoms with Crippen molar-refractivity contribution in [1.29, 1.82) is 0 Å². The van der Waals surface area contributed by atoms with Crippen LogP contribution < -0.4 is 20.1 Å². The summed E-state index contributed by atoms with van der Waals surface area (Å²) >= 11 is 7.42. The Morgan fingerprint density at radius 2 is 1.58 bits per heavy atom. The maximum Gasteiger partial charge on any atom is 0.263 e. The maximum absolute atomic E-state index is 12.8. The molecule has 3 aromatic carbocycles. The van der Waals surface area contributed by atoms with Gasteiger partial charge in [-0.3, -0.25) is 9.59 Å². The Labute approximate surface area is 189 Å². The first-order valence-corrected chi connectivity index (χ1v) is 10.7. The number of thioether (sulfide) groups is 1. The van der Waals surface area contributed by atoms with Crippen LogP contribution in [0.3, 0.4) is 0 Å². The van der Waals surface area contributed by atoms with Gasteiger partial charge in [-0.25, -0.2) is 0 Å². The molecule has 160 valence electrons. The van der Waals surface area contributed by atoms with Gasteiger partial charge in [0.05, 0.1) is 30.7 Å². The molecule has 0 saturated carbocycles. The Hall–Kier alpha value is -3.16. The van der Waals surface area contributed by atoms with Gasteiger partial charge in [0.15, 0.2) is 0 Å². The molecular formula is C23H21ClN2O4S. The lowest BCUT2D eigenvalue weighted by molar-refractivity contribution is -0.113. The minimum absolute atomic E-state index is 0.175. The summed E-state index contributed by atoms with van der Waals surface area (Å²) in [6.45, 7) is 0. The van der Waals surface area contributed by atoms with Crippen LogP contribution in [0.4, 0.5) is 11.4 Å². The predicted molar refractivity (Wildman–Crippen MR) is 125 cm³/mol. The Balaban J connectivity index is 1.65. The standard InChI is InChI=1S/C23H21ClN2O4S/c1-29-19-11-6-12-20(30-2)22(19)23(28)25-15-7-5-8-16(13-15)31-14-21(27)26-18-10-4-3-9-17(18)24/h3-13H,14H2,1-2H3,(H,25,28)(H,26,27). The first-order chi connectivity index (χ1) is 15.0. The van der Waals surface area contributed by atoms with Crippen LogP contribution in [-0.4, -0.2) is 31.8 Å². The van der Waals surface area contributed by atoms with Crippen molar-refractivity contribution in [1.82, 2.24) is 0 Å². The Morgan fingerprint density at radius 3 is 2.26 bits per heavy atom. The van der Waals surface area contributed by atoms with E-state index in [4.69, 9.17) is 21.1 Å². The first kappa shape index (κ1) is 22.5. The Bertz CT molecular complexity index is 1070. The number of anilines is 2. The SMILES string of the molecule is COc1cccc(OC)c1C(=O)Nc1cccc(SCC(=O)Nc2ccccc2Cl)c1. The number of amides is 2. The Kier molecular flexibility index (Phi) is 7.81. The van der Waals surface area contributed by atoms with E-state index in [9.17, 15) is 9.59 Å². The average molecular weight is 457 g/mol. The zero-order valence-electron chi connectivity index (χ0n) is 17.0. The molecule has 31 heavy (non-hydrogen) atoms. The number of para-hydroxylation sites is 1. The lowest BCUT2D eigenvalue weighted by Gasteiger charge is -2.13. The van der Waals surface area contributed by atoms with Gasteiger partial charge in [-0.15, -0.1) is 11.8 Å². The minimum Gasteiger partial charge on any atom is -0.496 e. The van der Waals surface area contributed by atoms with Crippen molar-refractivity contribution < 1.29 is 19.1 Å². The monoisotopic (exact) mass is 456 g/mol. The van der Waals surface area contributed by atoms with Gasteiger partial charge >= 0.3 is 0 Å². The van der Waals surface area contributed by atoms with Crippen molar-refractivity contribution in [3.63, 3.8) is 0 Å². The van der Waals surface area contributed by atoms with E-state index in [1.807, 2.05) is 12.1 Å². The van der Waals surface area contributed by atoms with Gasteiger partial charge in [0, 0.05) is 10.6 Å². The van der Waals surface area contributed by atoms with Crippen LogP contribution in [0.25, 0.3) is 0 Å². The van der Waals surface area contributed by atoms with E-state index >= 15 is 0 Å². The van der Waals surface area contributed by atoms with E-state index in [0.29, 0.717) is 33.5 Å². The highest BCUT2D eigenvalue weighted by Gasteiger charge is 2.18. The summed E-state index contributed by atoms with van der Waals surface area (Å²) in [5.74, 6) is 0.500. The fourth-order valence-electron chi connectivity index (χ4n) is 2.83. The fourth-order valence-corrected chi connectivity index (χ4v) is 3.77. The van der Waals surface area contributed by atoms with Crippen LogP contribution in [0, 0.1) is 0 Å². The molecule has 0 heterocycles. The van der Waals surface area contributed by atoms with Crippen LogP contribution >= 0.6 is 23.4 Å². The predicted octanol–water partition coefficient (Wildman–Crippen LogP) is 5.34. The first-order valence-electron chi connectivity index (χ1n) is 9.31. The highest BCUT2D eigenvalue weighted by molar-refractivity contribution is 8.00. The summed E-state index contributed by atoms with van der Waals surface area (Å²) in [5, 5.41) is 6.12. The van der Waals surface area contributed by atoms with Crippen LogP contribution in [0.5, 0.6) is 11.5 Å². The van der Waals surface area contributed by atoms with Crippen LogP contribution in [-0.2, 0) is 4.79 Å². The molecule has 8 heteroatoms. The lowest BCUT2D eigenvalue weighted by Crippen LogP contribution is -2.15. The number of hydrogen-bond donors (Lipinski definition) is 2. The summed E-state index contributed by atoms with van der Waals surface area (Å²) in [6.07, 6.45) is 0. The number of methoxy groups -OCH3 is 2. The highest BCUT2D eigenvalue weighted by Crippen LogP contribution is 2.30. The molecular weight excluding hydrogens is 436 g/mol. The molecule has 0 unspecified atom stereocenters. The van der Waals surface area contributed by atoms with Gasteiger partial charge in [0.1, 0.15) is 17.1 Å². The van der Waals surface area contributed by atoms with Gasteiger partial charge < -0.3 is 20.1 Å². The molecule has 0 radical (unpaired) electrons. The average Bonchev–Trinajstić information content (AvgIpc) is 2.78. The quantitative estimate of drug-likeness (QED) is 0.447. The fraction of sp³-hybridized carbons (Fsp3) is 0.130. The van der Waals surface area contributed by atoms with Gasteiger partial charge in [0.25, 0.3) is 5.91 Å². The molecule has 0 spiro atoms. The Morgan fingerprint density at radius 1 is 0.903 bits per heavy atom. The topological polar surface area (TPSA) is 76.7 Å². The zero-order valence-corrected chi connectivity index (χ0v) is 18.5. The number of ether oxygens (including phenoxy) is 2. The summed E-state index contributed by atoms with van der Waals surface area (Å²) in [5.41, 5.74) is 1.47. The molecule has 0 fully saturated rings. The van der Waals surface area contributed by atoms with E-state index in [-0.39, 0.29) is 17.6 Å². The number of halogens is 1. The maximum atomic E-state index is 12.8. The molecule has 0 aliphatic rings. The second kappa shape index (κ2) is 10.7. The normalized spacial score (nSPS) is 10.3. The lowest BCUT2D eigenvalue weighted by atomic mass is 10.1. The van der Waals surface area contributed by atoms with E-state index in [2.05, 4.69) is 10.6 Å². The van der Waals surface area contributed by atoms with Crippen molar-refractivity contribution >= 4 is 46.6 Å². The largest absolute Gasteiger partial charge is 0.496 e. The van der Waals surface area contributed by atoms with Crippen LogP contribution in [0.15, 0.2) is 71.6 Å². The molecule has 3 aromatic rings. The van der Waals surface area contributed by atoms with Crippen molar-refractivity contribution in [3.8, 4) is 11.5 Å². The van der Waals surface area contributed by atoms with Crippen molar-refractivity contribution in [2.24, 2.45) is 0 Å². The van der Waals surface area contributed by atoms with Crippen molar-refractivity contribution in [2.75, 3.05) is 30.6 Å². The van der Waals surface area contributed by atoms with Gasteiger partial charge in [0.2, 0.25) is 5.91 Å². The van der Waals surface area contributed by atoms with Crippen LogP contribution in [0.2, 0.25) is 5.02 Å². The number of carbonyl (C=O) groups excluding carboxylic acids is 2. The second-order valence-electron chi connectivity index (χ2n) is 6.34. The third-order valence-corrected chi connectivity index (χ3v) is 5.59. The number of nitrogens with one attached hydrogen (secondary N) is 2. The van der Waals surface area contributed by atoms with Crippen LogP contribution in [0.1, 0.15) is 10.4 Å². The molecule has 0 atom stereocenters.